The number of amides is 1. The number of likely N-dealkylation sites (tertiary alicyclic amines) is 1. The Hall–Kier alpha value is -1.24. The van der Waals surface area contributed by atoms with Crippen LogP contribution in [-0.2, 0) is 4.74 Å². The van der Waals surface area contributed by atoms with E-state index in [2.05, 4.69) is 4.90 Å². The van der Waals surface area contributed by atoms with Crippen LogP contribution in [0.5, 0.6) is 0 Å². The molecule has 4 nitrogen and oxygen atoms in total. The molecule has 0 N–H and O–H groups in total. The molecule has 0 unspecified atom stereocenters. The van der Waals surface area contributed by atoms with Crippen molar-refractivity contribution < 1.29 is 18.3 Å². The number of ether oxygens (including phenoxy) is 1. The van der Waals surface area contributed by atoms with Crippen molar-refractivity contribution in [2.75, 3.05) is 26.2 Å². The van der Waals surface area contributed by atoms with Gasteiger partial charge in [0.25, 0.3) is 5.91 Å². The smallest absolute Gasteiger partial charge is 0.255 e. The fourth-order valence-corrected chi connectivity index (χ4v) is 4.10. The monoisotopic (exact) mass is 372 g/mol. The Kier molecular flexibility index (Phi) is 5.61. The van der Waals surface area contributed by atoms with Gasteiger partial charge in [-0.15, -0.1) is 0 Å². The normalized spacial score (nSPS) is 27.7. The highest BCUT2D eigenvalue weighted by atomic mass is 35.5. The third-order valence-corrected chi connectivity index (χ3v) is 5.16. The first-order chi connectivity index (χ1) is 11.8. The van der Waals surface area contributed by atoms with Gasteiger partial charge in [0.2, 0.25) is 0 Å². The second-order valence-electron chi connectivity index (χ2n) is 7.02. The van der Waals surface area contributed by atoms with E-state index >= 15 is 0 Å². The number of rotatable bonds is 3. The summed E-state index contributed by atoms with van der Waals surface area (Å²) in [4.78, 5) is 16.9. The van der Waals surface area contributed by atoms with E-state index < -0.39 is 11.6 Å². The zero-order chi connectivity index (χ0) is 18.1. The minimum Gasteiger partial charge on any atom is -0.373 e. The second-order valence-corrected chi connectivity index (χ2v) is 7.42. The van der Waals surface area contributed by atoms with Gasteiger partial charge >= 0.3 is 0 Å². The molecule has 0 aromatic heterocycles. The average Bonchev–Trinajstić information content (AvgIpc) is 2.97. The van der Waals surface area contributed by atoms with Crippen molar-refractivity contribution in [1.29, 1.82) is 0 Å². The van der Waals surface area contributed by atoms with E-state index in [1.165, 1.54) is 0 Å². The highest BCUT2D eigenvalue weighted by Gasteiger charge is 2.33. The minimum absolute atomic E-state index is 0.0242. The van der Waals surface area contributed by atoms with Crippen LogP contribution in [0.3, 0.4) is 0 Å². The van der Waals surface area contributed by atoms with Crippen LogP contribution in [0.1, 0.15) is 37.0 Å². The Labute approximate surface area is 151 Å². The molecule has 7 heteroatoms. The number of hydrogen-bond donors (Lipinski definition) is 0. The summed E-state index contributed by atoms with van der Waals surface area (Å²) in [7, 11) is 0. The number of carbonyl (C=O) groups is 1. The third-order valence-electron chi connectivity index (χ3n) is 4.84. The molecule has 2 fully saturated rings. The summed E-state index contributed by atoms with van der Waals surface area (Å²) < 4.78 is 32.5. The lowest BCUT2D eigenvalue weighted by Crippen LogP contribution is -2.51. The van der Waals surface area contributed by atoms with Crippen LogP contribution in [0.25, 0.3) is 0 Å². The molecule has 0 aliphatic carbocycles. The first-order valence-electron chi connectivity index (χ1n) is 8.68. The SMILES string of the molecule is C[C@@H]1CN(C[C@H]2CCCN2C(=O)c2cc(F)c(F)cc2Cl)C[C@H](C)O1. The first kappa shape index (κ1) is 18.5. The van der Waals surface area contributed by atoms with Gasteiger partial charge in [-0.1, -0.05) is 11.6 Å². The molecule has 138 valence electrons. The predicted octanol–water partition coefficient (Wildman–Crippen LogP) is 3.33. The highest BCUT2D eigenvalue weighted by Crippen LogP contribution is 2.27. The first-order valence-corrected chi connectivity index (χ1v) is 9.06. The van der Waals surface area contributed by atoms with Gasteiger partial charge in [-0.2, -0.15) is 0 Å². The number of hydrogen-bond acceptors (Lipinski definition) is 3. The summed E-state index contributed by atoms with van der Waals surface area (Å²) >= 11 is 5.97. The maximum absolute atomic E-state index is 13.5. The molecule has 2 aliphatic rings. The van der Waals surface area contributed by atoms with E-state index in [4.69, 9.17) is 16.3 Å². The van der Waals surface area contributed by atoms with Crippen molar-refractivity contribution >= 4 is 17.5 Å². The molecule has 0 bridgehead atoms. The highest BCUT2D eigenvalue weighted by molar-refractivity contribution is 6.33. The number of halogens is 3. The molecule has 3 rings (SSSR count). The third kappa shape index (κ3) is 4.13. The van der Waals surface area contributed by atoms with Gasteiger partial charge in [-0.25, -0.2) is 8.78 Å². The van der Waals surface area contributed by atoms with E-state index in [0.29, 0.717) is 6.54 Å². The van der Waals surface area contributed by atoms with Crippen LogP contribution in [0, 0.1) is 11.6 Å². The zero-order valence-electron chi connectivity index (χ0n) is 14.5. The summed E-state index contributed by atoms with van der Waals surface area (Å²) in [6.07, 6.45) is 2.12. The van der Waals surface area contributed by atoms with Crippen molar-refractivity contribution in [1.82, 2.24) is 9.80 Å². The molecule has 1 aromatic carbocycles. The summed E-state index contributed by atoms with van der Waals surface area (Å²) in [6, 6.07) is 1.81. The fraction of sp³-hybridized carbons (Fsp3) is 0.611. The van der Waals surface area contributed by atoms with Crippen LogP contribution in [0.15, 0.2) is 12.1 Å². The Bertz CT molecular complexity index is 648. The molecule has 0 spiro atoms. The summed E-state index contributed by atoms with van der Waals surface area (Å²) in [5, 5.41) is -0.0526. The summed E-state index contributed by atoms with van der Waals surface area (Å²) in [5.41, 5.74) is 0.0242. The maximum atomic E-state index is 13.5. The Morgan fingerprint density at radius 1 is 1.24 bits per heavy atom. The van der Waals surface area contributed by atoms with Crippen LogP contribution in [0.4, 0.5) is 8.78 Å². The molecular weight excluding hydrogens is 350 g/mol. The topological polar surface area (TPSA) is 32.8 Å². The molecule has 25 heavy (non-hydrogen) atoms. The van der Waals surface area contributed by atoms with Gasteiger partial charge in [0.05, 0.1) is 22.8 Å². The van der Waals surface area contributed by atoms with Crippen molar-refractivity contribution in [2.24, 2.45) is 0 Å². The molecule has 0 saturated carbocycles. The lowest BCUT2D eigenvalue weighted by molar-refractivity contribution is -0.0715. The number of morpholine rings is 1. The van der Waals surface area contributed by atoms with Crippen molar-refractivity contribution in [3.63, 3.8) is 0 Å². The van der Waals surface area contributed by atoms with Gasteiger partial charge in [-0.05, 0) is 38.8 Å². The molecule has 1 amide bonds. The summed E-state index contributed by atoms with van der Waals surface area (Å²) in [5.74, 6) is -2.43. The fourth-order valence-electron chi connectivity index (χ4n) is 3.87. The maximum Gasteiger partial charge on any atom is 0.255 e. The molecule has 2 saturated heterocycles. The predicted molar refractivity (Wildman–Crippen MR) is 91.9 cm³/mol. The minimum atomic E-state index is -1.06. The second kappa shape index (κ2) is 7.56. The van der Waals surface area contributed by atoms with Gasteiger partial charge in [0.15, 0.2) is 11.6 Å². The molecule has 2 heterocycles. The van der Waals surface area contributed by atoms with E-state index in [1.807, 2.05) is 13.8 Å². The molecule has 1 aromatic rings. The van der Waals surface area contributed by atoms with Crippen LogP contribution < -0.4 is 0 Å². The number of nitrogens with zero attached hydrogens (tertiary/aromatic N) is 2. The van der Waals surface area contributed by atoms with E-state index in [-0.39, 0.29) is 34.7 Å². The lowest BCUT2D eigenvalue weighted by atomic mass is 10.1. The van der Waals surface area contributed by atoms with Crippen LogP contribution in [-0.4, -0.2) is 60.1 Å². The molecule has 2 aliphatic heterocycles. The standard InChI is InChI=1S/C18H23ClF2N2O2/c1-11-8-22(9-12(2)25-11)10-13-4-3-5-23(13)18(24)14-6-16(20)17(21)7-15(14)19/h6-7,11-13H,3-5,8-10H2,1-2H3/t11-,12+,13-/m1/s1. The lowest BCUT2D eigenvalue weighted by Gasteiger charge is -2.38. The number of benzene rings is 1. The number of carbonyl (C=O) groups excluding carboxylic acids is 1. The Balaban J connectivity index is 1.73. The molecule has 0 radical (unpaired) electrons. The van der Waals surface area contributed by atoms with Crippen molar-refractivity contribution in [3.05, 3.63) is 34.4 Å². The van der Waals surface area contributed by atoms with Gasteiger partial charge in [0, 0.05) is 32.2 Å². The quantitative estimate of drug-likeness (QED) is 0.763. The summed E-state index contributed by atoms with van der Waals surface area (Å²) in [6.45, 7) is 7.10. The zero-order valence-corrected chi connectivity index (χ0v) is 15.2. The van der Waals surface area contributed by atoms with Gasteiger partial charge < -0.3 is 9.64 Å². The van der Waals surface area contributed by atoms with Crippen LogP contribution in [0.2, 0.25) is 5.02 Å². The van der Waals surface area contributed by atoms with Crippen LogP contribution >= 0.6 is 11.6 Å². The Morgan fingerprint density at radius 3 is 2.56 bits per heavy atom. The van der Waals surface area contributed by atoms with E-state index in [0.717, 1.165) is 44.6 Å². The average molecular weight is 373 g/mol. The van der Waals surface area contributed by atoms with Crippen molar-refractivity contribution in [3.8, 4) is 0 Å². The van der Waals surface area contributed by atoms with Crippen molar-refractivity contribution in [2.45, 2.75) is 44.9 Å². The Morgan fingerprint density at radius 2 is 1.88 bits per heavy atom. The van der Waals surface area contributed by atoms with Gasteiger partial charge in [-0.3, -0.25) is 9.69 Å². The van der Waals surface area contributed by atoms with Gasteiger partial charge in [0.1, 0.15) is 0 Å². The van der Waals surface area contributed by atoms with E-state index in [9.17, 15) is 13.6 Å². The van der Waals surface area contributed by atoms with E-state index in [1.54, 1.807) is 4.90 Å². The molecular formula is C18H23ClF2N2O2. The largest absolute Gasteiger partial charge is 0.373 e. The molecule has 3 atom stereocenters.